The van der Waals surface area contributed by atoms with Crippen molar-refractivity contribution in [2.24, 2.45) is 0 Å². The number of carbonyl (C=O) groups is 2. The van der Waals surface area contributed by atoms with Gasteiger partial charge in [0.2, 0.25) is 0 Å². The number of carboxylic acid groups (broad SMARTS) is 1. The van der Waals surface area contributed by atoms with Crippen LogP contribution in [0.5, 0.6) is 5.75 Å². The smallest absolute Gasteiger partial charge is 0.303 e. The lowest BCUT2D eigenvalue weighted by molar-refractivity contribution is -0.136. The van der Waals surface area contributed by atoms with Gasteiger partial charge in [-0.15, -0.1) is 0 Å². The van der Waals surface area contributed by atoms with Crippen LogP contribution in [0.4, 0.5) is 0 Å². The summed E-state index contributed by atoms with van der Waals surface area (Å²) in [7, 11) is 1.48. The summed E-state index contributed by atoms with van der Waals surface area (Å²) in [6, 6.07) is 12.6. The van der Waals surface area contributed by atoms with E-state index in [9.17, 15) is 9.59 Å². The van der Waals surface area contributed by atoms with Crippen molar-refractivity contribution >= 4 is 23.4 Å². The van der Waals surface area contributed by atoms with Crippen LogP contribution < -0.4 is 4.74 Å². The molecule has 114 valence electrons. The Morgan fingerprint density at radius 1 is 1.05 bits per heavy atom. The number of carboxylic acids is 1. The summed E-state index contributed by atoms with van der Waals surface area (Å²) in [5, 5.41) is 9.31. The fourth-order valence-electron chi connectivity index (χ4n) is 2.10. The molecule has 0 heterocycles. The standard InChI is InChI=1S/C17H15ClO4/c1-22-16-10-12(11-2-5-13(18)6-3-11)4-7-14(16)15(19)8-9-17(20)21/h2-7,10H,8-9H2,1H3,(H,20,21). The number of benzene rings is 2. The fourth-order valence-corrected chi connectivity index (χ4v) is 2.22. The molecule has 0 saturated carbocycles. The Kier molecular flexibility index (Phi) is 5.17. The number of ether oxygens (including phenoxy) is 1. The summed E-state index contributed by atoms with van der Waals surface area (Å²) in [5.41, 5.74) is 2.23. The molecule has 1 N–H and O–H groups in total. The zero-order valence-electron chi connectivity index (χ0n) is 12.0. The lowest BCUT2D eigenvalue weighted by atomic mass is 9.99. The Bertz CT molecular complexity index is 692. The van der Waals surface area contributed by atoms with Crippen LogP contribution in [0.2, 0.25) is 5.02 Å². The van der Waals surface area contributed by atoms with E-state index in [4.69, 9.17) is 21.4 Å². The highest BCUT2D eigenvalue weighted by molar-refractivity contribution is 6.30. The summed E-state index contributed by atoms with van der Waals surface area (Å²) in [6.45, 7) is 0. The number of rotatable bonds is 6. The number of methoxy groups -OCH3 is 1. The number of aliphatic carboxylic acids is 1. The second-order valence-corrected chi connectivity index (χ2v) is 5.18. The van der Waals surface area contributed by atoms with Gasteiger partial charge in [-0.3, -0.25) is 9.59 Å². The Morgan fingerprint density at radius 3 is 2.27 bits per heavy atom. The van der Waals surface area contributed by atoms with Crippen molar-refractivity contribution in [3.8, 4) is 16.9 Å². The molecule has 0 fully saturated rings. The van der Waals surface area contributed by atoms with Crippen LogP contribution in [0.3, 0.4) is 0 Å². The molecule has 2 aromatic carbocycles. The van der Waals surface area contributed by atoms with E-state index >= 15 is 0 Å². The highest BCUT2D eigenvalue weighted by atomic mass is 35.5. The second kappa shape index (κ2) is 7.09. The molecule has 0 aliphatic rings. The average Bonchev–Trinajstić information content (AvgIpc) is 2.52. The predicted octanol–water partition coefficient (Wildman–Crippen LogP) is 4.06. The molecule has 0 amide bonds. The van der Waals surface area contributed by atoms with Crippen LogP contribution in [0.25, 0.3) is 11.1 Å². The molecule has 0 aliphatic carbocycles. The molecule has 4 nitrogen and oxygen atoms in total. The van der Waals surface area contributed by atoms with Gasteiger partial charge >= 0.3 is 5.97 Å². The first-order valence-corrected chi connectivity index (χ1v) is 7.08. The highest BCUT2D eigenvalue weighted by Crippen LogP contribution is 2.29. The average molecular weight is 319 g/mol. The molecule has 0 aromatic heterocycles. The Hall–Kier alpha value is -2.33. The van der Waals surface area contributed by atoms with Crippen molar-refractivity contribution in [1.82, 2.24) is 0 Å². The molecule has 0 spiro atoms. The topological polar surface area (TPSA) is 63.6 Å². The SMILES string of the molecule is COc1cc(-c2ccc(Cl)cc2)ccc1C(=O)CCC(=O)O. The Morgan fingerprint density at radius 2 is 1.68 bits per heavy atom. The van der Waals surface area contributed by atoms with Crippen molar-refractivity contribution in [3.05, 3.63) is 53.1 Å². The van der Waals surface area contributed by atoms with Crippen LogP contribution in [0.1, 0.15) is 23.2 Å². The van der Waals surface area contributed by atoms with Gasteiger partial charge in [0.1, 0.15) is 5.75 Å². The van der Waals surface area contributed by atoms with Crippen molar-refractivity contribution in [1.29, 1.82) is 0 Å². The molecule has 0 unspecified atom stereocenters. The van der Waals surface area contributed by atoms with Gasteiger partial charge in [0, 0.05) is 11.4 Å². The van der Waals surface area contributed by atoms with E-state index in [1.165, 1.54) is 7.11 Å². The van der Waals surface area contributed by atoms with Gasteiger partial charge in [0.15, 0.2) is 5.78 Å². The summed E-state index contributed by atoms with van der Waals surface area (Å²) < 4.78 is 5.26. The maximum atomic E-state index is 12.1. The maximum absolute atomic E-state index is 12.1. The third kappa shape index (κ3) is 3.86. The van der Waals surface area contributed by atoms with E-state index in [0.29, 0.717) is 16.3 Å². The lowest BCUT2D eigenvalue weighted by Gasteiger charge is -2.10. The van der Waals surface area contributed by atoms with Crippen molar-refractivity contribution in [3.63, 3.8) is 0 Å². The zero-order chi connectivity index (χ0) is 16.1. The summed E-state index contributed by atoms with van der Waals surface area (Å²) >= 11 is 5.87. The van der Waals surface area contributed by atoms with Crippen molar-refractivity contribution < 1.29 is 19.4 Å². The van der Waals surface area contributed by atoms with E-state index in [0.717, 1.165) is 11.1 Å². The normalized spacial score (nSPS) is 10.3. The molecule has 2 aromatic rings. The first-order valence-electron chi connectivity index (χ1n) is 6.70. The molecule has 2 rings (SSSR count). The summed E-state index contributed by atoms with van der Waals surface area (Å²) in [6.07, 6.45) is -0.243. The number of halogens is 1. The number of ketones is 1. The van der Waals surface area contributed by atoms with E-state index in [1.54, 1.807) is 30.3 Å². The van der Waals surface area contributed by atoms with E-state index in [1.807, 2.05) is 12.1 Å². The van der Waals surface area contributed by atoms with Gasteiger partial charge in [-0.2, -0.15) is 0 Å². The van der Waals surface area contributed by atoms with Gasteiger partial charge in [-0.1, -0.05) is 29.8 Å². The van der Waals surface area contributed by atoms with Crippen LogP contribution in [-0.2, 0) is 4.79 Å². The van der Waals surface area contributed by atoms with Crippen LogP contribution in [0.15, 0.2) is 42.5 Å². The van der Waals surface area contributed by atoms with E-state index in [-0.39, 0.29) is 18.6 Å². The number of carbonyl (C=O) groups excluding carboxylic acids is 1. The Balaban J connectivity index is 2.29. The molecule has 22 heavy (non-hydrogen) atoms. The Labute approximate surface area is 133 Å². The fraction of sp³-hybridized carbons (Fsp3) is 0.176. The third-order valence-electron chi connectivity index (χ3n) is 3.25. The first-order chi connectivity index (χ1) is 10.5. The van der Waals surface area contributed by atoms with E-state index < -0.39 is 5.97 Å². The molecular weight excluding hydrogens is 304 g/mol. The van der Waals surface area contributed by atoms with Gasteiger partial charge in [0.25, 0.3) is 0 Å². The molecule has 0 radical (unpaired) electrons. The molecule has 5 heteroatoms. The summed E-state index contributed by atoms with van der Waals surface area (Å²) in [5.74, 6) is -0.810. The monoisotopic (exact) mass is 318 g/mol. The highest BCUT2D eigenvalue weighted by Gasteiger charge is 2.14. The maximum Gasteiger partial charge on any atom is 0.303 e. The lowest BCUT2D eigenvalue weighted by Crippen LogP contribution is -2.05. The van der Waals surface area contributed by atoms with Crippen molar-refractivity contribution in [2.45, 2.75) is 12.8 Å². The minimum atomic E-state index is -0.995. The zero-order valence-corrected chi connectivity index (χ0v) is 12.8. The molecular formula is C17H15ClO4. The van der Waals surface area contributed by atoms with Crippen LogP contribution >= 0.6 is 11.6 Å². The number of hydrogen-bond acceptors (Lipinski definition) is 3. The summed E-state index contributed by atoms with van der Waals surface area (Å²) in [4.78, 5) is 22.6. The van der Waals surface area contributed by atoms with E-state index in [2.05, 4.69) is 0 Å². The van der Waals surface area contributed by atoms with Crippen LogP contribution in [-0.4, -0.2) is 24.0 Å². The third-order valence-corrected chi connectivity index (χ3v) is 3.50. The molecule has 0 saturated heterocycles. The molecule has 0 aliphatic heterocycles. The first kappa shape index (κ1) is 16.0. The van der Waals surface area contributed by atoms with Gasteiger partial charge in [-0.05, 0) is 35.4 Å². The minimum Gasteiger partial charge on any atom is -0.496 e. The van der Waals surface area contributed by atoms with Gasteiger partial charge in [0.05, 0.1) is 19.1 Å². The molecule has 0 bridgehead atoms. The van der Waals surface area contributed by atoms with Gasteiger partial charge < -0.3 is 9.84 Å². The minimum absolute atomic E-state index is 0.0496. The predicted molar refractivity (Wildman–Crippen MR) is 84.6 cm³/mol. The second-order valence-electron chi connectivity index (χ2n) is 4.74. The van der Waals surface area contributed by atoms with Gasteiger partial charge in [-0.25, -0.2) is 0 Å². The van der Waals surface area contributed by atoms with Crippen molar-refractivity contribution in [2.75, 3.05) is 7.11 Å². The quantitative estimate of drug-likeness (QED) is 0.816. The van der Waals surface area contributed by atoms with Crippen LogP contribution in [0, 0.1) is 0 Å². The number of hydrogen-bond donors (Lipinski definition) is 1. The largest absolute Gasteiger partial charge is 0.496 e. The number of Topliss-reactive ketones (excluding diaryl/α,β-unsaturated/α-hetero) is 1. The molecule has 0 atom stereocenters.